The maximum absolute atomic E-state index is 16.0. The summed E-state index contributed by atoms with van der Waals surface area (Å²) < 4.78 is 37.7. The van der Waals surface area contributed by atoms with E-state index < -0.39 is 47.9 Å². The smallest absolute Gasteiger partial charge is 0.351 e. The van der Waals surface area contributed by atoms with Gasteiger partial charge >= 0.3 is 5.92 Å². The van der Waals surface area contributed by atoms with Crippen molar-refractivity contribution < 1.29 is 33.0 Å². The number of amides is 3. The molecular formula is C46H60F2N6O5S. The summed E-state index contributed by atoms with van der Waals surface area (Å²) in [5, 5.41) is 27.5. The Balaban J connectivity index is 1.42. The van der Waals surface area contributed by atoms with Gasteiger partial charge in [0.2, 0.25) is 11.8 Å². The number of benzene rings is 4. The Morgan fingerprint density at radius 1 is 0.900 bits per heavy atom. The summed E-state index contributed by atoms with van der Waals surface area (Å²) in [5.41, 5.74) is 7.59. The summed E-state index contributed by atoms with van der Waals surface area (Å²) in [4.78, 5) is 43.3. The van der Waals surface area contributed by atoms with Gasteiger partial charge < -0.3 is 41.7 Å². The molecule has 324 valence electrons. The highest BCUT2D eigenvalue weighted by molar-refractivity contribution is 7.80. The number of thiocarbonyl (C=S) groups is 1. The quantitative estimate of drug-likeness (QED) is 0.0517. The van der Waals surface area contributed by atoms with Crippen LogP contribution in [0.4, 0.5) is 8.78 Å². The van der Waals surface area contributed by atoms with Gasteiger partial charge in [0.25, 0.3) is 5.91 Å². The average molecular weight is 847 g/mol. The van der Waals surface area contributed by atoms with Gasteiger partial charge in [-0.15, -0.1) is 0 Å². The highest BCUT2D eigenvalue weighted by Gasteiger charge is 2.53. The third-order valence-electron chi connectivity index (χ3n) is 11.1. The number of hydrogen-bond acceptors (Lipinski definition) is 7. The van der Waals surface area contributed by atoms with Gasteiger partial charge in [0.15, 0.2) is 5.11 Å². The van der Waals surface area contributed by atoms with Crippen LogP contribution in [-0.2, 0) is 32.0 Å². The molecule has 14 heteroatoms. The summed E-state index contributed by atoms with van der Waals surface area (Å²) in [6.45, 7) is 4.23. The van der Waals surface area contributed by atoms with Crippen LogP contribution in [0.5, 0.6) is 0 Å². The van der Waals surface area contributed by atoms with E-state index in [0.717, 1.165) is 37.6 Å². The molecule has 1 aliphatic rings. The Bertz CT molecular complexity index is 1980. The zero-order valence-corrected chi connectivity index (χ0v) is 35.6. The molecule has 0 radical (unpaired) electrons. The maximum atomic E-state index is 16.0. The summed E-state index contributed by atoms with van der Waals surface area (Å²) >= 11 is 5.20. The van der Waals surface area contributed by atoms with Crippen molar-refractivity contribution in [3.05, 3.63) is 96.1 Å². The van der Waals surface area contributed by atoms with E-state index in [2.05, 4.69) is 21.3 Å². The monoisotopic (exact) mass is 846 g/mol. The average Bonchev–Trinajstić information content (AvgIpc) is 3.24. The summed E-state index contributed by atoms with van der Waals surface area (Å²) in [6, 6.07) is 25.3. The number of nitrogens with one attached hydrogen (secondary N) is 4. The second-order valence-corrected chi connectivity index (χ2v) is 16.5. The lowest BCUT2D eigenvalue weighted by atomic mass is 9.87. The van der Waals surface area contributed by atoms with Crippen molar-refractivity contribution in [2.45, 2.75) is 89.0 Å². The molecule has 3 amide bonds. The molecule has 1 fully saturated rings. The molecule has 7 N–H and O–H groups in total. The lowest BCUT2D eigenvalue weighted by Gasteiger charge is -2.37. The number of rotatable bonds is 20. The SMILES string of the molecule is CNC(=S)NCCCCC(NC(=O)C(Cc1cccc2ccccc12)Cc1cccc2ccccc12)C(=O)NC(CC(C)C)[C@@H](O)C(F)(F)C(=O)N1CCOC(CCN)C1. The Morgan fingerprint density at radius 3 is 2.08 bits per heavy atom. The van der Waals surface area contributed by atoms with Gasteiger partial charge in [-0.2, -0.15) is 8.78 Å². The normalized spacial score (nSPS) is 16.1. The van der Waals surface area contributed by atoms with Crippen LogP contribution in [0.2, 0.25) is 0 Å². The number of alkyl halides is 2. The zero-order chi connectivity index (χ0) is 43.2. The largest absolute Gasteiger partial charge is 0.384 e. The molecule has 1 saturated heterocycles. The minimum Gasteiger partial charge on any atom is -0.384 e. The van der Waals surface area contributed by atoms with E-state index in [9.17, 15) is 19.5 Å². The Hall–Kier alpha value is -4.76. The van der Waals surface area contributed by atoms with Crippen molar-refractivity contribution in [1.82, 2.24) is 26.2 Å². The number of morpholine rings is 1. The van der Waals surface area contributed by atoms with Gasteiger partial charge in [-0.05, 0) is 102 Å². The molecule has 3 unspecified atom stereocenters. The number of ether oxygens (including phenoxy) is 1. The van der Waals surface area contributed by atoms with E-state index in [4.69, 9.17) is 22.7 Å². The van der Waals surface area contributed by atoms with Gasteiger partial charge in [0.1, 0.15) is 12.1 Å². The molecular weight excluding hydrogens is 787 g/mol. The number of unbranched alkanes of at least 4 members (excludes halogenated alkanes) is 1. The molecule has 0 aromatic heterocycles. The first-order valence-electron chi connectivity index (χ1n) is 21.0. The van der Waals surface area contributed by atoms with Crippen LogP contribution in [0, 0.1) is 11.8 Å². The van der Waals surface area contributed by atoms with Crippen LogP contribution in [0.1, 0.15) is 57.1 Å². The highest BCUT2D eigenvalue weighted by Crippen LogP contribution is 2.29. The molecule has 4 aromatic carbocycles. The van der Waals surface area contributed by atoms with Gasteiger partial charge in [-0.3, -0.25) is 14.4 Å². The van der Waals surface area contributed by atoms with Crippen molar-refractivity contribution in [2.75, 3.05) is 39.8 Å². The van der Waals surface area contributed by atoms with Gasteiger partial charge in [-0.25, -0.2) is 0 Å². The summed E-state index contributed by atoms with van der Waals surface area (Å²) in [5.74, 6) is -7.72. The number of nitrogens with two attached hydrogens (primary N) is 1. The molecule has 4 aromatic rings. The predicted octanol–water partition coefficient (Wildman–Crippen LogP) is 5.25. The molecule has 0 aliphatic carbocycles. The van der Waals surface area contributed by atoms with Crippen molar-refractivity contribution in [1.29, 1.82) is 0 Å². The summed E-state index contributed by atoms with van der Waals surface area (Å²) in [7, 11) is 1.71. The van der Waals surface area contributed by atoms with Crippen LogP contribution in [0.25, 0.3) is 21.5 Å². The maximum Gasteiger partial charge on any atom is 0.351 e. The predicted molar refractivity (Wildman–Crippen MR) is 237 cm³/mol. The lowest BCUT2D eigenvalue weighted by molar-refractivity contribution is -0.184. The first-order chi connectivity index (χ1) is 28.8. The fourth-order valence-electron chi connectivity index (χ4n) is 7.96. The minimum absolute atomic E-state index is 0.0501. The molecule has 1 aliphatic heterocycles. The van der Waals surface area contributed by atoms with Crippen molar-refractivity contribution in [3.8, 4) is 0 Å². The van der Waals surface area contributed by atoms with Crippen molar-refractivity contribution in [2.24, 2.45) is 17.6 Å². The molecule has 0 saturated carbocycles. The number of aliphatic hydroxyl groups excluding tert-OH is 1. The first kappa shape index (κ1) is 46.3. The van der Waals surface area contributed by atoms with E-state index in [0.29, 0.717) is 43.8 Å². The second-order valence-electron chi connectivity index (χ2n) is 16.1. The van der Waals surface area contributed by atoms with Crippen LogP contribution >= 0.6 is 12.2 Å². The number of carbonyl (C=O) groups excluding carboxylic acids is 3. The second kappa shape index (κ2) is 22.2. The molecule has 1 heterocycles. The molecule has 5 rings (SSSR count). The third-order valence-corrected chi connectivity index (χ3v) is 11.5. The first-order valence-corrected chi connectivity index (χ1v) is 21.4. The number of aliphatic hydroxyl groups is 1. The fraction of sp³-hybridized carbons (Fsp3) is 0.478. The summed E-state index contributed by atoms with van der Waals surface area (Å²) in [6.07, 6.45) is -0.720. The van der Waals surface area contributed by atoms with Gasteiger partial charge in [-0.1, -0.05) is 98.8 Å². The van der Waals surface area contributed by atoms with Crippen LogP contribution < -0.4 is 27.0 Å². The number of nitrogens with zero attached hydrogens (tertiary/aromatic N) is 1. The van der Waals surface area contributed by atoms with Gasteiger partial charge in [0.05, 0.1) is 18.8 Å². The highest BCUT2D eigenvalue weighted by atomic mass is 32.1. The van der Waals surface area contributed by atoms with E-state index in [1.807, 2.05) is 84.9 Å². The number of fused-ring (bicyclic) bond motifs is 2. The standard InChI is InChI=1S/C46H60F2N6O5S/c1-30(2)26-40(41(55)46(47,48)44(58)54-24-25-59-36(29-54)21-22-49)53-43(57)39(20-8-9-23-51-45(60)50-3)52-42(56)35(27-33-16-10-14-31-12-4-6-18-37(31)33)28-34-17-11-15-32-13-5-7-19-38(32)34/h4-7,10-19,30,35-36,39-41,55H,8-9,20-29,49H2,1-3H3,(H,52,56)(H,53,57)(H2,50,51,60)/t36?,39?,40?,41-/m1/s1. The van der Waals surface area contributed by atoms with Crippen LogP contribution in [-0.4, -0.2) is 103 Å². The molecule has 4 atom stereocenters. The number of carbonyl (C=O) groups is 3. The lowest BCUT2D eigenvalue weighted by Crippen LogP contribution is -2.62. The topological polar surface area (TPSA) is 158 Å². The van der Waals surface area contributed by atoms with Crippen molar-refractivity contribution >= 4 is 56.6 Å². The van der Waals surface area contributed by atoms with E-state index >= 15 is 8.78 Å². The number of halogens is 2. The Kier molecular flexibility index (Phi) is 17.1. The molecule has 0 bridgehead atoms. The number of hydrogen-bond donors (Lipinski definition) is 6. The molecule has 11 nitrogen and oxygen atoms in total. The van der Waals surface area contributed by atoms with Crippen molar-refractivity contribution in [3.63, 3.8) is 0 Å². The fourth-order valence-corrected chi connectivity index (χ4v) is 8.07. The third kappa shape index (κ3) is 12.4. The zero-order valence-electron chi connectivity index (χ0n) is 34.8. The molecule has 60 heavy (non-hydrogen) atoms. The van der Waals surface area contributed by atoms with E-state index in [1.165, 1.54) is 0 Å². The van der Waals surface area contributed by atoms with E-state index in [1.54, 1.807) is 20.9 Å². The Labute approximate surface area is 357 Å². The minimum atomic E-state index is -4.23. The Morgan fingerprint density at radius 2 is 1.50 bits per heavy atom. The van der Waals surface area contributed by atoms with Gasteiger partial charge in [0, 0.05) is 32.6 Å². The van der Waals surface area contributed by atoms with Crippen LogP contribution in [0.15, 0.2) is 84.9 Å². The van der Waals surface area contributed by atoms with E-state index in [-0.39, 0.29) is 50.9 Å². The van der Waals surface area contributed by atoms with Crippen LogP contribution in [0.3, 0.4) is 0 Å². The molecule has 0 spiro atoms.